The average Bonchev–Trinajstić information content (AvgIpc) is 2.13. The number of carbonyl (C=O) groups excluding carboxylic acids is 1. The van der Waals surface area contributed by atoms with E-state index in [2.05, 4.69) is 9.46 Å². The summed E-state index contributed by atoms with van der Waals surface area (Å²) in [5.41, 5.74) is 0. The normalized spacial score (nSPS) is 14.1. The molecule has 0 bridgehead atoms. The molecule has 6 heteroatoms. The summed E-state index contributed by atoms with van der Waals surface area (Å²) in [6.07, 6.45) is 0. The highest BCUT2D eigenvalue weighted by Crippen LogP contribution is 2.05. The minimum atomic E-state index is -3.37. The number of hydrogen-bond acceptors (Lipinski definition) is 4. The number of ether oxygens (including phenoxy) is 1. The summed E-state index contributed by atoms with van der Waals surface area (Å²) in [7, 11) is -2.14. The summed E-state index contributed by atoms with van der Waals surface area (Å²) in [6, 6.07) is -0.801. The second kappa shape index (κ2) is 5.31. The van der Waals surface area contributed by atoms with Crippen LogP contribution in [0.5, 0.6) is 0 Å². The van der Waals surface area contributed by atoms with Crippen LogP contribution in [0.3, 0.4) is 0 Å². The predicted octanol–water partition coefficient (Wildman–Crippen LogP) is 0.123. The van der Waals surface area contributed by atoms with Crippen molar-refractivity contribution in [2.24, 2.45) is 5.92 Å². The van der Waals surface area contributed by atoms with Crippen LogP contribution in [0.1, 0.15) is 20.8 Å². The molecule has 5 nitrogen and oxygen atoms in total. The van der Waals surface area contributed by atoms with Crippen molar-refractivity contribution in [1.29, 1.82) is 0 Å². The largest absolute Gasteiger partial charge is 0.468 e. The SMILES string of the molecule is CCS(=O)(=O)N[C@H](C(=O)OC)C(C)C. The molecule has 0 heterocycles. The van der Waals surface area contributed by atoms with Gasteiger partial charge in [0.1, 0.15) is 6.04 Å². The number of nitrogens with one attached hydrogen (secondary N) is 1. The van der Waals surface area contributed by atoms with E-state index in [0.29, 0.717) is 0 Å². The highest BCUT2D eigenvalue weighted by molar-refractivity contribution is 7.89. The van der Waals surface area contributed by atoms with Crippen LogP contribution in [-0.4, -0.2) is 33.3 Å². The zero-order valence-electron chi connectivity index (χ0n) is 8.90. The molecule has 14 heavy (non-hydrogen) atoms. The third-order valence-electron chi connectivity index (χ3n) is 1.81. The summed E-state index contributed by atoms with van der Waals surface area (Å²) in [5, 5.41) is 0. The van der Waals surface area contributed by atoms with Gasteiger partial charge in [-0.2, -0.15) is 0 Å². The van der Waals surface area contributed by atoms with Gasteiger partial charge < -0.3 is 4.74 Å². The second-order valence-corrected chi connectivity index (χ2v) is 5.31. The Hall–Kier alpha value is -0.620. The monoisotopic (exact) mass is 223 g/mol. The Labute approximate surface area is 84.9 Å². The number of sulfonamides is 1. The molecule has 0 aliphatic rings. The Kier molecular flexibility index (Phi) is 5.07. The van der Waals surface area contributed by atoms with Gasteiger partial charge in [0.25, 0.3) is 0 Å². The molecular weight excluding hydrogens is 206 g/mol. The fraction of sp³-hybridized carbons (Fsp3) is 0.875. The van der Waals surface area contributed by atoms with Crippen molar-refractivity contribution < 1.29 is 17.9 Å². The molecule has 0 aliphatic carbocycles. The van der Waals surface area contributed by atoms with Gasteiger partial charge >= 0.3 is 5.97 Å². The number of rotatable bonds is 5. The zero-order valence-corrected chi connectivity index (χ0v) is 9.72. The Bertz CT molecular complexity index is 284. The van der Waals surface area contributed by atoms with Gasteiger partial charge in [-0.3, -0.25) is 4.79 Å². The van der Waals surface area contributed by atoms with Crippen molar-refractivity contribution in [3.8, 4) is 0 Å². The lowest BCUT2D eigenvalue weighted by Gasteiger charge is -2.18. The fourth-order valence-corrected chi connectivity index (χ4v) is 1.78. The molecule has 0 aliphatic heterocycles. The number of carbonyl (C=O) groups is 1. The topological polar surface area (TPSA) is 72.5 Å². The van der Waals surface area contributed by atoms with Gasteiger partial charge in [0.05, 0.1) is 12.9 Å². The first-order valence-corrected chi connectivity index (χ1v) is 6.07. The van der Waals surface area contributed by atoms with Crippen molar-refractivity contribution >= 4 is 16.0 Å². The van der Waals surface area contributed by atoms with Gasteiger partial charge in [0, 0.05) is 0 Å². The van der Waals surface area contributed by atoms with Crippen molar-refractivity contribution in [2.75, 3.05) is 12.9 Å². The minimum Gasteiger partial charge on any atom is -0.468 e. The van der Waals surface area contributed by atoms with Gasteiger partial charge in [0.15, 0.2) is 0 Å². The first-order valence-electron chi connectivity index (χ1n) is 4.42. The molecule has 0 saturated carbocycles. The molecule has 0 aromatic heterocycles. The van der Waals surface area contributed by atoms with Crippen LogP contribution in [0.25, 0.3) is 0 Å². The van der Waals surface area contributed by atoms with E-state index in [1.165, 1.54) is 14.0 Å². The molecule has 84 valence electrons. The van der Waals surface area contributed by atoms with E-state index in [0.717, 1.165) is 0 Å². The molecule has 0 saturated heterocycles. The van der Waals surface area contributed by atoms with Gasteiger partial charge in [-0.25, -0.2) is 13.1 Å². The van der Waals surface area contributed by atoms with Gasteiger partial charge in [-0.15, -0.1) is 0 Å². The van der Waals surface area contributed by atoms with E-state index in [1.807, 2.05) is 0 Å². The van der Waals surface area contributed by atoms with Crippen LogP contribution < -0.4 is 4.72 Å². The van der Waals surface area contributed by atoms with Crippen LogP contribution in [0.2, 0.25) is 0 Å². The molecule has 0 unspecified atom stereocenters. The molecular formula is C8H17NO4S. The van der Waals surface area contributed by atoms with Crippen molar-refractivity contribution in [2.45, 2.75) is 26.8 Å². The first-order chi connectivity index (χ1) is 6.34. The second-order valence-electron chi connectivity index (χ2n) is 3.27. The van der Waals surface area contributed by atoms with Crippen molar-refractivity contribution in [1.82, 2.24) is 4.72 Å². The molecule has 0 aromatic rings. The highest BCUT2D eigenvalue weighted by atomic mass is 32.2. The summed E-state index contributed by atoms with van der Waals surface area (Å²) in [5.74, 6) is -0.742. The maximum absolute atomic E-state index is 11.2. The Morgan fingerprint density at radius 1 is 1.43 bits per heavy atom. The minimum absolute atomic E-state index is 0.0484. The van der Waals surface area contributed by atoms with Crippen LogP contribution in [0.4, 0.5) is 0 Å². The molecule has 0 fully saturated rings. The summed E-state index contributed by atoms with van der Waals surface area (Å²) < 4.78 is 29.2. The Morgan fingerprint density at radius 2 is 1.93 bits per heavy atom. The Morgan fingerprint density at radius 3 is 2.21 bits per heavy atom. The molecule has 0 spiro atoms. The van der Waals surface area contributed by atoms with E-state index < -0.39 is 22.0 Å². The van der Waals surface area contributed by atoms with E-state index in [1.54, 1.807) is 13.8 Å². The van der Waals surface area contributed by atoms with E-state index in [4.69, 9.17) is 0 Å². The highest BCUT2D eigenvalue weighted by Gasteiger charge is 2.26. The maximum atomic E-state index is 11.2. The summed E-state index contributed by atoms with van der Waals surface area (Å²) in [4.78, 5) is 11.2. The average molecular weight is 223 g/mol. The van der Waals surface area contributed by atoms with E-state index in [-0.39, 0.29) is 11.7 Å². The van der Waals surface area contributed by atoms with Gasteiger partial charge in [0.2, 0.25) is 10.0 Å². The van der Waals surface area contributed by atoms with Crippen LogP contribution in [-0.2, 0) is 19.6 Å². The lowest BCUT2D eigenvalue weighted by atomic mass is 10.1. The molecule has 1 N–H and O–H groups in total. The summed E-state index contributed by atoms with van der Waals surface area (Å²) >= 11 is 0. The first kappa shape index (κ1) is 13.4. The third-order valence-corrected chi connectivity index (χ3v) is 3.18. The zero-order chi connectivity index (χ0) is 11.4. The number of methoxy groups -OCH3 is 1. The number of esters is 1. The molecule has 0 aromatic carbocycles. The van der Waals surface area contributed by atoms with Gasteiger partial charge in [-0.05, 0) is 12.8 Å². The van der Waals surface area contributed by atoms with Crippen LogP contribution in [0.15, 0.2) is 0 Å². The molecule has 0 amide bonds. The maximum Gasteiger partial charge on any atom is 0.324 e. The quantitative estimate of drug-likeness (QED) is 0.672. The predicted molar refractivity (Wildman–Crippen MR) is 53.2 cm³/mol. The molecule has 0 radical (unpaired) electrons. The lowest BCUT2D eigenvalue weighted by Crippen LogP contribution is -2.45. The van der Waals surface area contributed by atoms with Crippen molar-refractivity contribution in [3.05, 3.63) is 0 Å². The van der Waals surface area contributed by atoms with Crippen LogP contribution in [0, 0.1) is 5.92 Å². The fourth-order valence-electron chi connectivity index (χ4n) is 0.860. The van der Waals surface area contributed by atoms with Gasteiger partial charge in [-0.1, -0.05) is 13.8 Å². The van der Waals surface area contributed by atoms with Crippen molar-refractivity contribution in [3.63, 3.8) is 0 Å². The third kappa shape index (κ3) is 4.06. The molecule has 1 atom stereocenters. The van der Waals surface area contributed by atoms with E-state index in [9.17, 15) is 13.2 Å². The van der Waals surface area contributed by atoms with Crippen LogP contribution >= 0.6 is 0 Å². The smallest absolute Gasteiger partial charge is 0.324 e. The lowest BCUT2D eigenvalue weighted by molar-refractivity contribution is -0.143. The Balaban J connectivity index is 4.63. The standard InChI is InChI=1S/C8H17NO4S/c1-5-14(11,12)9-7(6(2)3)8(10)13-4/h6-7,9H,5H2,1-4H3/t7-/m0/s1. The summed E-state index contributed by atoms with van der Waals surface area (Å²) in [6.45, 7) is 5.01. The van der Waals surface area contributed by atoms with E-state index >= 15 is 0 Å². The molecule has 0 rings (SSSR count). The number of hydrogen-bond donors (Lipinski definition) is 1.